The summed E-state index contributed by atoms with van der Waals surface area (Å²) in [5.41, 5.74) is 0. The van der Waals surface area contributed by atoms with Crippen molar-refractivity contribution in [2.45, 2.75) is 78.1 Å². The third-order valence-corrected chi connectivity index (χ3v) is 2.81. The first kappa shape index (κ1) is 16.2. The van der Waals surface area contributed by atoms with Crippen LogP contribution in [0.4, 0.5) is 0 Å². The molecule has 0 aliphatic rings. The molecule has 0 rings (SSSR count). The first-order chi connectivity index (χ1) is 8.31. The Bertz CT molecular complexity index is 197. The Morgan fingerprint density at radius 3 is 2.12 bits per heavy atom. The highest BCUT2D eigenvalue weighted by Gasteiger charge is 1.93. The lowest BCUT2D eigenvalue weighted by molar-refractivity contribution is -0.137. The van der Waals surface area contributed by atoms with Gasteiger partial charge in [0.25, 0.3) is 0 Å². The van der Waals surface area contributed by atoms with E-state index in [1.54, 1.807) is 6.92 Å². The zero-order valence-corrected chi connectivity index (χ0v) is 11.5. The summed E-state index contributed by atoms with van der Waals surface area (Å²) < 4.78 is 4.84. The quantitative estimate of drug-likeness (QED) is 0.289. The van der Waals surface area contributed by atoms with Crippen molar-refractivity contribution in [1.82, 2.24) is 0 Å². The van der Waals surface area contributed by atoms with Crippen LogP contribution >= 0.6 is 0 Å². The lowest BCUT2D eigenvalue weighted by atomic mass is 10.1. The van der Waals surface area contributed by atoms with E-state index in [1.165, 1.54) is 57.6 Å². The largest absolute Gasteiger partial charge is 0.435 e. The molecule has 0 saturated carbocycles. The lowest BCUT2D eigenvalue weighted by Crippen LogP contribution is -1.95. The summed E-state index contributed by atoms with van der Waals surface area (Å²) in [6.45, 7) is 4.05. The second-order valence-electron chi connectivity index (χ2n) is 4.48. The van der Waals surface area contributed by atoms with Crippen molar-refractivity contribution < 1.29 is 9.53 Å². The van der Waals surface area contributed by atoms with Gasteiger partial charge in [0.05, 0.1) is 6.26 Å². The Hall–Kier alpha value is -0.790. The van der Waals surface area contributed by atoms with E-state index in [0.29, 0.717) is 6.42 Å². The molecule has 0 aromatic heterocycles. The third-order valence-electron chi connectivity index (χ3n) is 2.81. The normalized spacial score (nSPS) is 10.9. The highest BCUT2D eigenvalue weighted by atomic mass is 16.5. The molecule has 0 aromatic rings. The molecule has 100 valence electrons. The average molecular weight is 240 g/mol. The molecule has 0 aromatic carbocycles. The summed E-state index contributed by atoms with van der Waals surface area (Å²) in [5, 5.41) is 0. The van der Waals surface area contributed by atoms with E-state index in [9.17, 15) is 4.79 Å². The van der Waals surface area contributed by atoms with Crippen LogP contribution in [0.2, 0.25) is 0 Å². The Kier molecular flexibility index (Phi) is 12.7. The van der Waals surface area contributed by atoms with E-state index < -0.39 is 0 Å². The molecule has 0 unspecified atom stereocenters. The SMILES string of the molecule is CCCCCCCCCCC=COC(=O)CC. The van der Waals surface area contributed by atoms with Crippen LogP contribution in [0, 0.1) is 0 Å². The Morgan fingerprint density at radius 2 is 1.53 bits per heavy atom. The van der Waals surface area contributed by atoms with Crippen molar-refractivity contribution in [3.05, 3.63) is 12.3 Å². The third kappa shape index (κ3) is 13.1. The number of hydrogen-bond acceptors (Lipinski definition) is 2. The minimum Gasteiger partial charge on any atom is -0.435 e. The van der Waals surface area contributed by atoms with Gasteiger partial charge >= 0.3 is 5.97 Å². The van der Waals surface area contributed by atoms with Gasteiger partial charge in [0.15, 0.2) is 0 Å². The summed E-state index contributed by atoms with van der Waals surface area (Å²) in [6, 6.07) is 0. The summed E-state index contributed by atoms with van der Waals surface area (Å²) in [4.78, 5) is 10.8. The zero-order valence-electron chi connectivity index (χ0n) is 11.5. The van der Waals surface area contributed by atoms with Gasteiger partial charge in [0.1, 0.15) is 0 Å². The molecule has 0 aliphatic carbocycles. The van der Waals surface area contributed by atoms with Crippen molar-refractivity contribution >= 4 is 5.97 Å². The van der Waals surface area contributed by atoms with Gasteiger partial charge in [-0.2, -0.15) is 0 Å². The first-order valence-corrected chi connectivity index (χ1v) is 7.15. The second kappa shape index (κ2) is 13.3. The fourth-order valence-electron chi connectivity index (χ4n) is 1.67. The minimum absolute atomic E-state index is 0.155. The maximum absolute atomic E-state index is 10.8. The molecule has 0 saturated heterocycles. The van der Waals surface area contributed by atoms with Crippen molar-refractivity contribution in [3.63, 3.8) is 0 Å². The highest BCUT2D eigenvalue weighted by molar-refractivity contribution is 5.69. The van der Waals surface area contributed by atoms with Gasteiger partial charge in [-0.05, 0) is 18.9 Å². The lowest BCUT2D eigenvalue weighted by Gasteiger charge is -1.99. The van der Waals surface area contributed by atoms with Crippen molar-refractivity contribution in [1.29, 1.82) is 0 Å². The predicted molar refractivity (Wildman–Crippen MR) is 72.8 cm³/mol. The van der Waals surface area contributed by atoms with Crippen LogP contribution in [0.25, 0.3) is 0 Å². The van der Waals surface area contributed by atoms with Crippen LogP contribution < -0.4 is 0 Å². The molecule has 0 amide bonds. The molecule has 0 N–H and O–H groups in total. The monoisotopic (exact) mass is 240 g/mol. The maximum Gasteiger partial charge on any atom is 0.310 e. The zero-order chi connectivity index (χ0) is 12.8. The molecule has 0 radical (unpaired) electrons. The van der Waals surface area contributed by atoms with Gasteiger partial charge in [0, 0.05) is 6.42 Å². The molecule has 2 nitrogen and oxygen atoms in total. The minimum atomic E-state index is -0.155. The van der Waals surface area contributed by atoms with E-state index in [0.717, 1.165) is 6.42 Å². The van der Waals surface area contributed by atoms with Crippen molar-refractivity contribution in [2.24, 2.45) is 0 Å². The molecule has 2 heteroatoms. The van der Waals surface area contributed by atoms with Gasteiger partial charge in [0.2, 0.25) is 0 Å². The molecule has 0 aliphatic heterocycles. The van der Waals surface area contributed by atoms with E-state index in [1.807, 2.05) is 6.08 Å². The smallest absolute Gasteiger partial charge is 0.310 e. The molecule has 0 atom stereocenters. The number of hydrogen-bond donors (Lipinski definition) is 0. The van der Waals surface area contributed by atoms with Crippen LogP contribution in [0.5, 0.6) is 0 Å². The Balaban J connectivity index is 3.10. The van der Waals surface area contributed by atoms with Crippen LogP contribution in [0.3, 0.4) is 0 Å². The van der Waals surface area contributed by atoms with Gasteiger partial charge in [-0.15, -0.1) is 0 Å². The fourth-order valence-corrected chi connectivity index (χ4v) is 1.67. The number of unbranched alkanes of at least 4 members (excludes halogenated alkanes) is 8. The van der Waals surface area contributed by atoms with Gasteiger partial charge in [-0.1, -0.05) is 58.8 Å². The summed E-state index contributed by atoms with van der Waals surface area (Å²) >= 11 is 0. The number of ether oxygens (including phenoxy) is 1. The van der Waals surface area contributed by atoms with Crippen molar-refractivity contribution in [2.75, 3.05) is 0 Å². The second-order valence-corrected chi connectivity index (χ2v) is 4.48. The molecular weight excluding hydrogens is 212 g/mol. The number of esters is 1. The summed E-state index contributed by atoms with van der Waals surface area (Å²) in [5.74, 6) is -0.155. The van der Waals surface area contributed by atoms with E-state index >= 15 is 0 Å². The number of allylic oxidation sites excluding steroid dienone is 1. The fraction of sp³-hybridized carbons (Fsp3) is 0.800. The van der Waals surface area contributed by atoms with E-state index in [4.69, 9.17) is 4.74 Å². The van der Waals surface area contributed by atoms with Crippen LogP contribution in [0.15, 0.2) is 12.3 Å². The van der Waals surface area contributed by atoms with Crippen molar-refractivity contribution in [3.8, 4) is 0 Å². The number of carbonyl (C=O) groups excluding carboxylic acids is 1. The van der Waals surface area contributed by atoms with E-state index in [-0.39, 0.29) is 5.97 Å². The highest BCUT2D eigenvalue weighted by Crippen LogP contribution is 2.09. The van der Waals surface area contributed by atoms with Crippen LogP contribution in [0.1, 0.15) is 78.1 Å². The van der Waals surface area contributed by atoms with Gasteiger partial charge < -0.3 is 4.74 Å². The molecule has 17 heavy (non-hydrogen) atoms. The van der Waals surface area contributed by atoms with Gasteiger partial charge in [-0.25, -0.2) is 0 Å². The summed E-state index contributed by atoms with van der Waals surface area (Å²) in [7, 11) is 0. The molecular formula is C15H28O2. The Labute approximate surface area is 106 Å². The number of carbonyl (C=O) groups is 1. The molecule has 0 spiro atoms. The molecule has 0 heterocycles. The van der Waals surface area contributed by atoms with E-state index in [2.05, 4.69) is 6.92 Å². The first-order valence-electron chi connectivity index (χ1n) is 7.15. The molecule has 0 bridgehead atoms. The topological polar surface area (TPSA) is 26.3 Å². The molecule has 0 fully saturated rings. The van der Waals surface area contributed by atoms with Crippen LogP contribution in [-0.2, 0) is 9.53 Å². The summed E-state index contributed by atoms with van der Waals surface area (Å²) in [6.07, 6.45) is 15.6. The maximum atomic E-state index is 10.8. The van der Waals surface area contributed by atoms with Gasteiger partial charge in [-0.3, -0.25) is 4.79 Å². The standard InChI is InChI=1S/C15H28O2/c1-3-5-6-7-8-9-10-11-12-13-14-17-15(16)4-2/h13-14H,3-12H2,1-2H3. The van der Waals surface area contributed by atoms with Crippen LogP contribution in [-0.4, -0.2) is 5.97 Å². The number of rotatable bonds is 11. The Morgan fingerprint density at radius 1 is 0.941 bits per heavy atom. The average Bonchev–Trinajstić information content (AvgIpc) is 2.35. The predicted octanol–water partition coefficient (Wildman–Crippen LogP) is 4.98.